The molecule has 1 aliphatic heterocycles. The number of carbonyl (C=O) groups excluding carboxylic acids is 2. The van der Waals surface area contributed by atoms with Gasteiger partial charge in [0, 0.05) is 50.5 Å². The first kappa shape index (κ1) is 19.3. The zero-order chi connectivity index (χ0) is 20.1. The van der Waals surface area contributed by atoms with E-state index in [1.54, 1.807) is 18.3 Å². The Labute approximate surface area is 171 Å². The Morgan fingerprint density at radius 3 is 2.55 bits per heavy atom. The maximum absolute atomic E-state index is 12.8. The molecule has 29 heavy (non-hydrogen) atoms. The maximum Gasteiger partial charge on any atom is 0.272 e. The minimum atomic E-state index is -0.126. The van der Waals surface area contributed by atoms with E-state index in [1.807, 2.05) is 23.1 Å². The Kier molecular flexibility index (Phi) is 6.00. The van der Waals surface area contributed by atoms with Gasteiger partial charge < -0.3 is 10.2 Å². The number of nitrogens with one attached hydrogen (secondary N) is 1. The standard InChI is InChI=1S/C23H26N4O2/c28-22(25-20-8-9-20)19-10-11-24-21(17-19)23(29)27-15-13-26(14-16-27)12-4-7-18-5-2-1-3-6-18/h1-7,10-11,17,20H,8-9,12-16H2,(H,25,28)/b7-4+. The molecule has 1 saturated carbocycles. The molecular formula is C23H26N4O2. The summed E-state index contributed by atoms with van der Waals surface area (Å²) in [6.45, 7) is 3.85. The van der Waals surface area contributed by atoms with E-state index in [0.717, 1.165) is 32.5 Å². The lowest BCUT2D eigenvalue weighted by molar-refractivity contribution is 0.0644. The van der Waals surface area contributed by atoms with E-state index in [2.05, 4.69) is 39.5 Å². The van der Waals surface area contributed by atoms with E-state index < -0.39 is 0 Å². The summed E-state index contributed by atoms with van der Waals surface area (Å²) in [5, 5.41) is 2.95. The van der Waals surface area contributed by atoms with Gasteiger partial charge in [-0.3, -0.25) is 19.5 Å². The number of hydrogen-bond donors (Lipinski definition) is 1. The number of benzene rings is 1. The third kappa shape index (κ3) is 5.29. The number of aromatic nitrogens is 1. The summed E-state index contributed by atoms with van der Waals surface area (Å²) in [6, 6.07) is 13.8. The Hall–Kier alpha value is -2.99. The average molecular weight is 390 g/mol. The van der Waals surface area contributed by atoms with Crippen LogP contribution >= 0.6 is 0 Å². The third-order valence-corrected chi connectivity index (χ3v) is 5.29. The van der Waals surface area contributed by atoms with Gasteiger partial charge in [-0.05, 0) is 30.5 Å². The molecule has 6 nitrogen and oxygen atoms in total. The van der Waals surface area contributed by atoms with Gasteiger partial charge in [0.25, 0.3) is 11.8 Å². The summed E-state index contributed by atoms with van der Waals surface area (Å²) in [7, 11) is 0. The van der Waals surface area contributed by atoms with Crippen LogP contribution in [0.3, 0.4) is 0 Å². The summed E-state index contributed by atoms with van der Waals surface area (Å²) in [5.74, 6) is -0.232. The maximum atomic E-state index is 12.8. The molecule has 6 heteroatoms. The van der Waals surface area contributed by atoms with Crippen LogP contribution in [0.1, 0.15) is 39.3 Å². The highest BCUT2D eigenvalue weighted by Gasteiger charge is 2.26. The van der Waals surface area contributed by atoms with Crippen molar-refractivity contribution in [3.63, 3.8) is 0 Å². The van der Waals surface area contributed by atoms with E-state index in [0.29, 0.717) is 30.4 Å². The quantitative estimate of drug-likeness (QED) is 0.823. The van der Waals surface area contributed by atoms with E-state index in [4.69, 9.17) is 0 Å². The second-order valence-corrected chi connectivity index (χ2v) is 7.58. The van der Waals surface area contributed by atoms with Crippen molar-refractivity contribution in [2.45, 2.75) is 18.9 Å². The molecule has 0 atom stereocenters. The van der Waals surface area contributed by atoms with Crippen molar-refractivity contribution in [1.82, 2.24) is 20.1 Å². The lowest BCUT2D eigenvalue weighted by Crippen LogP contribution is -2.48. The van der Waals surface area contributed by atoms with Gasteiger partial charge in [-0.15, -0.1) is 0 Å². The van der Waals surface area contributed by atoms with Crippen molar-refractivity contribution >= 4 is 17.9 Å². The van der Waals surface area contributed by atoms with E-state index >= 15 is 0 Å². The summed E-state index contributed by atoms with van der Waals surface area (Å²) >= 11 is 0. The molecule has 2 aliphatic rings. The third-order valence-electron chi connectivity index (χ3n) is 5.29. The molecule has 1 aliphatic carbocycles. The van der Waals surface area contributed by atoms with Crippen LogP contribution in [0, 0.1) is 0 Å². The fourth-order valence-corrected chi connectivity index (χ4v) is 3.38. The molecule has 2 amide bonds. The molecule has 1 saturated heterocycles. The molecule has 2 aromatic rings. The van der Waals surface area contributed by atoms with Gasteiger partial charge in [0.2, 0.25) is 0 Å². The first-order valence-corrected chi connectivity index (χ1v) is 10.2. The number of carbonyl (C=O) groups is 2. The number of hydrogen-bond acceptors (Lipinski definition) is 4. The molecule has 2 fully saturated rings. The zero-order valence-corrected chi connectivity index (χ0v) is 16.5. The highest BCUT2D eigenvalue weighted by atomic mass is 16.2. The van der Waals surface area contributed by atoms with Crippen molar-refractivity contribution in [2.24, 2.45) is 0 Å². The van der Waals surface area contributed by atoms with Crippen molar-refractivity contribution in [3.05, 3.63) is 71.6 Å². The molecule has 0 radical (unpaired) electrons. The minimum absolute atomic E-state index is 0.106. The molecule has 1 aromatic heterocycles. The number of nitrogens with zero attached hydrogens (tertiary/aromatic N) is 3. The lowest BCUT2D eigenvalue weighted by atomic mass is 10.2. The SMILES string of the molecule is O=C(NC1CC1)c1ccnc(C(=O)N2CCN(C/C=C/c3ccccc3)CC2)c1. The first-order chi connectivity index (χ1) is 14.2. The Bertz CT molecular complexity index is 885. The first-order valence-electron chi connectivity index (χ1n) is 10.2. The normalized spacial score (nSPS) is 17.4. The number of rotatable bonds is 6. The molecular weight excluding hydrogens is 364 g/mol. The molecule has 0 spiro atoms. The fraction of sp³-hybridized carbons (Fsp3) is 0.348. The molecule has 0 unspecified atom stereocenters. The van der Waals surface area contributed by atoms with Crippen molar-refractivity contribution < 1.29 is 9.59 Å². The molecule has 2 heterocycles. The van der Waals surface area contributed by atoms with Gasteiger partial charge in [-0.2, -0.15) is 0 Å². The topological polar surface area (TPSA) is 65.5 Å². The number of pyridine rings is 1. The average Bonchev–Trinajstić information content (AvgIpc) is 3.58. The summed E-state index contributed by atoms with van der Waals surface area (Å²) in [5.41, 5.74) is 2.03. The molecule has 1 N–H and O–H groups in total. The molecule has 4 rings (SSSR count). The van der Waals surface area contributed by atoms with Crippen LogP contribution in [0.5, 0.6) is 0 Å². The Balaban J connectivity index is 1.28. The molecule has 150 valence electrons. The fourth-order valence-electron chi connectivity index (χ4n) is 3.38. The van der Waals surface area contributed by atoms with Gasteiger partial charge in [0.1, 0.15) is 5.69 Å². The summed E-state index contributed by atoms with van der Waals surface area (Å²) in [6.07, 6.45) is 7.90. The van der Waals surface area contributed by atoms with Crippen LogP contribution in [0.4, 0.5) is 0 Å². The Morgan fingerprint density at radius 2 is 1.83 bits per heavy atom. The summed E-state index contributed by atoms with van der Waals surface area (Å²) < 4.78 is 0. The second-order valence-electron chi connectivity index (χ2n) is 7.58. The van der Waals surface area contributed by atoms with Crippen molar-refractivity contribution in [1.29, 1.82) is 0 Å². The van der Waals surface area contributed by atoms with Crippen LogP contribution in [-0.2, 0) is 0 Å². The van der Waals surface area contributed by atoms with Crippen LogP contribution in [-0.4, -0.2) is 65.4 Å². The molecule has 0 bridgehead atoms. The predicted octanol–water partition coefficient (Wildman–Crippen LogP) is 2.45. The van der Waals surface area contributed by atoms with Gasteiger partial charge >= 0.3 is 0 Å². The van der Waals surface area contributed by atoms with Gasteiger partial charge in [0.15, 0.2) is 0 Å². The van der Waals surface area contributed by atoms with Crippen molar-refractivity contribution in [3.8, 4) is 0 Å². The highest BCUT2D eigenvalue weighted by Crippen LogP contribution is 2.19. The van der Waals surface area contributed by atoms with Crippen molar-refractivity contribution in [2.75, 3.05) is 32.7 Å². The van der Waals surface area contributed by atoms with Crippen LogP contribution in [0.15, 0.2) is 54.7 Å². The monoisotopic (exact) mass is 390 g/mol. The van der Waals surface area contributed by atoms with Gasteiger partial charge in [0.05, 0.1) is 0 Å². The lowest BCUT2D eigenvalue weighted by Gasteiger charge is -2.34. The number of piperazine rings is 1. The highest BCUT2D eigenvalue weighted by molar-refractivity contribution is 5.98. The second kappa shape index (κ2) is 9.01. The predicted molar refractivity (Wildman–Crippen MR) is 113 cm³/mol. The van der Waals surface area contributed by atoms with Crippen LogP contribution in [0.2, 0.25) is 0 Å². The molecule has 1 aromatic carbocycles. The largest absolute Gasteiger partial charge is 0.349 e. The van der Waals surface area contributed by atoms with Crippen LogP contribution < -0.4 is 5.32 Å². The van der Waals surface area contributed by atoms with E-state index in [-0.39, 0.29) is 11.8 Å². The summed E-state index contributed by atoms with van der Waals surface area (Å²) in [4.78, 5) is 33.4. The van der Waals surface area contributed by atoms with Gasteiger partial charge in [-0.25, -0.2) is 0 Å². The Morgan fingerprint density at radius 1 is 1.07 bits per heavy atom. The van der Waals surface area contributed by atoms with E-state index in [9.17, 15) is 9.59 Å². The van der Waals surface area contributed by atoms with E-state index in [1.165, 1.54) is 5.56 Å². The van der Waals surface area contributed by atoms with Crippen LogP contribution in [0.25, 0.3) is 6.08 Å². The smallest absolute Gasteiger partial charge is 0.272 e. The zero-order valence-electron chi connectivity index (χ0n) is 16.5. The minimum Gasteiger partial charge on any atom is -0.349 e. The number of amides is 2. The van der Waals surface area contributed by atoms with Gasteiger partial charge in [-0.1, -0.05) is 42.5 Å².